The maximum Gasteiger partial charge on any atom is 0.0547 e. The van der Waals surface area contributed by atoms with Crippen LogP contribution in [0.4, 0.5) is 0 Å². The molecule has 0 aromatic heterocycles. The Labute approximate surface area is 196 Å². The molecule has 0 spiro atoms. The van der Waals surface area contributed by atoms with Gasteiger partial charge in [0.1, 0.15) is 0 Å². The molecule has 2 nitrogen and oxygen atoms in total. The summed E-state index contributed by atoms with van der Waals surface area (Å²) in [5.41, 5.74) is 3.19. The topological polar surface area (TPSA) is 18.5 Å². The quantitative estimate of drug-likeness (QED) is 0.323. The SMILES string of the molecule is CCOCC(CCC(C)(Cc1ccccc1)Cc1ccccc1)(COC)C1CCCCC1. The molecule has 1 fully saturated rings. The van der Waals surface area contributed by atoms with E-state index in [1.807, 2.05) is 7.11 Å². The Morgan fingerprint density at radius 1 is 0.781 bits per heavy atom. The zero-order valence-electron chi connectivity index (χ0n) is 20.7. The van der Waals surface area contributed by atoms with E-state index in [-0.39, 0.29) is 10.8 Å². The third kappa shape index (κ3) is 7.18. The number of benzene rings is 2. The minimum absolute atomic E-state index is 0.125. The molecule has 0 saturated heterocycles. The average molecular weight is 437 g/mol. The van der Waals surface area contributed by atoms with Crippen molar-refractivity contribution in [3.63, 3.8) is 0 Å². The van der Waals surface area contributed by atoms with E-state index in [1.54, 1.807) is 0 Å². The second kappa shape index (κ2) is 12.6. The summed E-state index contributed by atoms with van der Waals surface area (Å²) in [5.74, 6) is 0.709. The van der Waals surface area contributed by atoms with Gasteiger partial charge in [-0.2, -0.15) is 0 Å². The summed E-state index contributed by atoms with van der Waals surface area (Å²) in [6.07, 6.45) is 11.3. The van der Waals surface area contributed by atoms with Gasteiger partial charge < -0.3 is 9.47 Å². The van der Waals surface area contributed by atoms with Crippen molar-refractivity contribution in [1.82, 2.24) is 0 Å². The molecule has 0 bridgehead atoms. The Morgan fingerprint density at radius 2 is 1.34 bits per heavy atom. The van der Waals surface area contributed by atoms with Gasteiger partial charge in [0, 0.05) is 19.1 Å². The Kier molecular flexibility index (Phi) is 9.81. The van der Waals surface area contributed by atoms with E-state index >= 15 is 0 Å². The summed E-state index contributed by atoms with van der Waals surface area (Å²) >= 11 is 0. The molecule has 1 atom stereocenters. The van der Waals surface area contributed by atoms with E-state index in [0.29, 0.717) is 5.92 Å². The molecular weight excluding hydrogens is 392 g/mol. The lowest BCUT2D eigenvalue weighted by atomic mass is 9.64. The Morgan fingerprint density at radius 3 is 1.84 bits per heavy atom. The average Bonchev–Trinajstić information content (AvgIpc) is 2.83. The number of hydrogen-bond acceptors (Lipinski definition) is 2. The molecule has 1 saturated carbocycles. The Bertz CT molecular complexity index is 709. The molecule has 176 valence electrons. The van der Waals surface area contributed by atoms with Crippen LogP contribution < -0.4 is 0 Å². The highest BCUT2D eigenvalue weighted by Gasteiger charge is 2.41. The standard InChI is InChI=1S/C30H44O2/c1-4-32-25-30(24-31-3,28-18-12-7-13-19-28)21-20-29(2,22-26-14-8-5-9-15-26)23-27-16-10-6-11-17-27/h5-6,8-11,14-17,28H,4,7,12-13,18-25H2,1-3H3. The van der Waals surface area contributed by atoms with Gasteiger partial charge in [-0.05, 0) is 67.9 Å². The zero-order chi connectivity index (χ0) is 22.7. The summed E-state index contributed by atoms with van der Waals surface area (Å²) in [7, 11) is 1.87. The Balaban J connectivity index is 1.83. The molecule has 0 N–H and O–H groups in total. The third-order valence-electron chi connectivity index (χ3n) is 7.67. The molecule has 0 aliphatic heterocycles. The van der Waals surface area contributed by atoms with Crippen molar-refractivity contribution in [2.75, 3.05) is 26.9 Å². The highest BCUT2D eigenvalue weighted by Crippen LogP contribution is 2.46. The van der Waals surface area contributed by atoms with Gasteiger partial charge in [-0.3, -0.25) is 0 Å². The van der Waals surface area contributed by atoms with E-state index in [4.69, 9.17) is 9.47 Å². The van der Waals surface area contributed by atoms with Gasteiger partial charge in [0.15, 0.2) is 0 Å². The molecule has 2 aromatic carbocycles. The first-order valence-corrected chi connectivity index (χ1v) is 12.7. The van der Waals surface area contributed by atoms with Crippen molar-refractivity contribution >= 4 is 0 Å². The smallest absolute Gasteiger partial charge is 0.0547 e. The fraction of sp³-hybridized carbons (Fsp3) is 0.600. The van der Waals surface area contributed by atoms with Crippen LogP contribution >= 0.6 is 0 Å². The van der Waals surface area contributed by atoms with Crippen LogP contribution in [-0.2, 0) is 22.3 Å². The highest BCUT2D eigenvalue weighted by molar-refractivity contribution is 5.20. The van der Waals surface area contributed by atoms with Crippen LogP contribution in [-0.4, -0.2) is 26.9 Å². The predicted molar refractivity (Wildman–Crippen MR) is 135 cm³/mol. The van der Waals surface area contributed by atoms with Crippen LogP contribution in [0.1, 0.15) is 69.9 Å². The van der Waals surface area contributed by atoms with Crippen molar-refractivity contribution < 1.29 is 9.47 Å². The minimum Gasteiger partial charge on any atom is -0.384 e. The molecule has 1 unspecified atom stereocenters. The summed E-state index contributed by atoms with van der Waals surface area (Å²) in [6.45, 7) is 7.03. The number of hydrogen-bond donors (Lipinski definition) is 0. The third-order valence-corrected chi connectivity index (χ3v) is 7.67. The summed E-state index contributed by atoms with van der Waals surface area (Å²) in [5, 5.41) is 0. The second-order valence-electron chi connectivity index (χ2n) is 10.4. The van der Waals surface area contributed by atoms with Crippen molar-refractivity contribution in [2.24, 2.45) is 16.7 Å². The lowest BCUT2D eigenvalue weighted by Gasteiger charge is -2.44. The van der Waals surface area contributed by atoms with Crippen LogP contribution in [0.3, 0.4) is 0 Å². The van der Waals surface area contributed by atoms with Crippen molar-refractivity contribution in [1.29, 1.82) is 0 Å². The van der Waals surface area contributed by atoms with E-state index in [2.05, 4.69) is 74.5 Å². The highest BCUT2D eigenvalue weighted by atomic mass is 16.5. The molecule has 3 rings (SSSR count). The molecule has 0 amide bonds. The van der Waals surface area contributed by atoms with Gasteiger partial charge in [0.2, 0.25) is 0 Å². The largest absolute Gasteiger partial charge is 0.384 e. The second-order valence-corrected chi connectivity index (χ2v) is 10.4. The molecule has 2 heteroatoms. The lowest BCUT2D eigenvalue weighted by molar-refractivity contribution is -0.0624. The maximum absolute atomic E-state index is 6.13. The Hall–Kier alpha value is -1.64. The van der Waals surface area contributed by atoms with Crippen LogP contribution in [0.15, 0.2) is 60.7 Å². The molecule has 0 heterocycles. The van der Waals surface area contributed by atoms with E-state index in [1.165, 1.54) is 56.1 Å². The van der Waals surface area contributed by atoms with Crippen LogP contribution in [0.2, 0.25) is 0 Å². The first kappa shape index (κ1) is 25.0. The van der Waals surface area contributed by atoms with Crippen molar-refractivity contribution in [3.05, 3.63) is 71.8 Å². The number of methoxy groups -OCH3 is 1. The van der Waals surface area contributed by atoms with Crippen LogP contribution in [0, 0.1) is 16.7 Å². The lowest BCUT2D eigenvalue weighted by Crippen LogP contribution is -2.42. The van der Waals surface area contributed by atoms with Crippen molar-refractivity contribution in [2.45, 2.75) is 71.6 Å². The summed E-state index contributed by atoms with van der Waals surface area (Å²) in [6, 6.07) is 22.1. The van der Waals surface area contributed by atoms with Gasteiger partial charge in [-0.1, -0.05) is 86.8 Å². The first-order valence-electron chi connectivity index (χ1n) is 12.7. The summed E-state index contributed by atoms with van der Waals surface area (Å²) < 4.78 is 12.0. The number of rotatable bonds is 13. The molecule has 1 aliphatic rings. The van der Waals surface area contributed by atoms with Crippen LogP contribution in [0.5, 0.6) is 0 Å². The van der Waals surface area contributed by atoms with Crippen molar-refractivity contribution in [3.8, 4) is 0 Å². The van der Waals surface area contributed by atoms with Gasteiger partial charge in [0.25, 0.3) is 0 Å². The van der Waals surface area contributed by atoms with E-state index in [9.17, 15) is 0 Å². The van der Waals surface area contributed by atoms with Gasteiger partial charge in [0.05, 0.1) is 13.2 Å². The molecule has 1 aliphatic carbocycles. The van der Waals surface area contributed by atoms with Gasteiger partial charge in [-0.25, -0.2) is 0 Å². The molecule has 0 radical (unpaired) electrons. The summed E-state index contributed by atoms with van der Waals surface area (Å²) in [4.78, 5) is 0. The zero-order valence-corrected chi connectivity index (χ0v) is 20.7. The maximum atomic E-state index is 6.13. The molecule has 32 heavy (non-hydrogen) atoms. The molecular formula is C30H44O2. The fourth-order valence-corrected chi connectivity index (χ4v) is 5.90. The monoisotopic (exact) mass is 436 g/mol. The molecule has 2 aromatic rings. The number of ether oxygens (including phenoxy) is 2. The normalized spacial score (nSPS) is 17.2. The van der Waals surface area contributed by atoms with E-state index < -0.39 is 0 Å². The predicted octanol–water partition coefficient (Wildman–Crippen LogP) is 7.51. The van der Waals surface area contributed by atoms with Gasteiger partial charge >= 0.3 is 0 Å². The van der Waals surface area contributed by atoms with Gasteiger partial charge in [-0.15, -0.1) is 0 Å². The van der Waals surface area contributed by atoms with Crippen LogP contribution in [0.25, 0.3) is 0 Å². The van der Waals surface area contributed by atoms with E-state index in [0.717, 1.165) is 32.7 Å². The minimum atomic E-state index is 0.125. The fourth-order valence-electron chi connectivity index (χ4n) is 5.90. The first-order chi connectivity index (χ1) is 15.6.